The van der Waals surface area contributed by atoms with Gasteiger partial charge in [0.05, 0.1) is 17.3 Å². The zero-order valence-corrected chi connectivity index (χ0v) is 19.1. The zero-order valence-electron chi connectivity index (χ0n) is 18.3. The maximum absolute atomic E-state index is 12.3. The average Bonchev–Trinajstić information content (AvgIpc) is 3.58. The molecule has 2 aromatic heterocycles. The number of benzene rings is 2. The number of thiophene rings is 1. The maximum Gasteiger partial charge on any atom is 0.338 e. The predicted octanol–water partition coefficient (Wildman–Crippen LogP) is 5.70. The van der Waals surface area contributed by atoms with Crippen LogP contribution in [0.15, 0.2) is 76.1 Å². The molecule has 0 spiro atoms. The Morgan fingerprint density at radius 1 is 1.03 bits per heavy atom. The summed E-state index contributed by atoms with van der Waals surface area (Å²) in [5.74, 6) is 0.393. The van der Waals surface area contributed by atoms with Crippen molar-refractivity contribution in [1.82, 2.24) is 0 Å². The van der Waals surface area contributed by atoms with E-state index in [1.807, 2.05) is 54.6 Å². The van der Waals surface area contributed by atoms with Crippen molar-refractivity contribution in [2.45, 2.75) is 25.9 Å². The van der Waals surface area contributed by atoms with E-state index in [0.29, 0.717) is 27.6 Å². The number of aliphatic imine (C=N–C) groups is 1. The van der Waals surface area contributed by atoms with Gasteiger partial charge in [-0.15, -0.1) is 11.3 Å². The summed E-state index contributed by atoms with van der Waals surface area (Å²) < 4.78 is 11.3. The molecule has 34 heavy (non-hydrogen) atoms. The Balaban J connectivity index is 1.26. The molecule has 1 aliphatic rings. The number of furan rings is 1. The van der Waals surface area contributed by atoms with Crippen molar-refractivity contribution < 1.29 is 18.7 Å². The normalized spacial score (nSPS) is 12.7. The smallest absolute Gasteiger partial charge is 0.338 e. The molecule has 0 unspecified atom stereocenters. The second-order valence-corrected chi connectivity index (χ2v) is 9.08. The summed E-state index contributed by atoms with van der Waals surface area (Å²) in [4.78, 5) is 29.9. The highest BCUT2D eigenvalue weighted by molar-refractivity contribution is 7.16. The summed E-state index contributed by atoms with van der Waals surface area (Å²) in [6, 6.07) is 20.3. The molecular weight excluding hydrogens is 448 g/mol. The lowest BCUT2D eigenvalue weighted by molar-refractivity contribution is 0.0472. The first-order chi connectivity index (χ1) is 16.6. The molecule has 0 atom stereocenters. The number of nitrogens with zero attached hydrogens (tertiary/aromatic N) is 1. The van der Waals surface area contributed by atoms with Crippen LogP contribution in [0.3, 0.4) is 0 Å². The quantitative estimate of drug-likeness (QED) is 0.277. The van der Waals surface area contributed by atoms with Crippen LogP contribution in [0.25, 0.3) is 11.3 Å². The monoisotopic (exact) mass is 470 g/mol. The van der Waals surface area contributed by atoms with Crippen molar-refractivity contribution in [1.29, 1.82) is 0 Å². The van der Waals surface area contributed by atoms with Crippen LogP contribution in [-0.2, 0) is 24.2 Å². The number of carbonyl (C=O) groups excluding carboxylic acids is 2. The Morgan fingerprint density at radius 2 is 1.82 bits per heavy atom. The second kappa shape index (κ2) is 9.49. The average molecular weight is 471 g/mol. The first-order valence-corrected chi connectivity index (χ1v) is 11.8. The van der Waals surface area contributed by atoms with Crippen molar-refractivity contribution in [3.8, 4) is 11.3 Å². The Bertz CT molecular complexity index is 1370. The molecule has 0 fully saturated rings. The van der Waals surface area contributed by atoms with Crippen LogP contribution >= 0.6 is 11.3 Å². The lowest BCUT2D eigenvalue weighted by Gasteiger charge is -2.05. The van der Waals surface area contributed by atoms with Gasteiger partial charge in [0.25, 0.3) is 5.91 Å². The van der Waals surface area contributed by atoms with E-state index >= 15 is 0 Å². The van der Waals surface area contributed by atoms with Crippen LogP contribution < -0.4 is 5.73 Å². The molecule has 1 amide bonds. The molecule has 0 bridgehead atoms. The van der Waals surface area contributed by atoms with Crippen LogP contribution in [0.5, 0.6) is 0 Å². The van der Waals surface area contributed by atoms with Gasteiger partial charge in [-0.05, 0) is 54.7 Å². The highest BCUT2D eigenvalue weighted by atomic mass is 32.1. The Morgan fingerprint density at radius 3 is 2.59 bits per heavy atom. The largest absolute Gasteiger partial charge is 0.457 e. The second-order valence-electron chi connectivity index (χ2n) is 8.00. The summed E-state index contributed by atoms with van der Waals surface area (Å²) in [5, 5.41) is 0.633. The molecule has 2 aromatic carbocycles. The molecule has 0 saturated heterocycles. The number of carbonyl (C=O) groups is 2. The first kappa shape index (κ1) is 21.9. The van der Waals surface area contributed by atoms with Gasteiger partial charge in [0.15, 0.2) is 0 Å². The topological polar surface area (TPSA) is 94.9 Å². The van der Waals surface area contributed by atoms with Crippen molar-refractivity contribution in [3.05, 3.63) is 99.6 Å². The molecule has 170 valence electrons. The lowest BCUT2D eigenvalue weighted by Crippen LogP contribution is -2.12. The van der Waals surface area contributed by atoms with Gasteiger partial charge < -0.3 is 14.9 Å². The van der Waals surface area contributed by atoms with Gasteiger partial charge in [-0.2, -0.15) is 0 Å². The fraction of sp³-hybridized carbons (Fsp3) is 0.148. The van der Waals surface area contributed by atoms with E-state index < -0.39 is 5.91 Å². The highest BCUT2D eigenvalue weighted by Crippen LogP contribution is 2.40. The number of hydrogen-bond donors (Lipinski definition) is 1. The third-order valence-corrected chi connectivity index (χ3v) is 6.90. The van der Waals surface area contributed by atoms with E-state index in [4.69, 9.17) is 14.9 Å². The van der Waals surface area contributed by atoms with Crippen molar-refractivity contribution in [2.75, 3.05) is 0 Å². The SMILES string of the molecule is NC(=O)c1c(N=Cc2ccc(-c3ccc(C(=O)OCc4ccccc4)cc3)o2)sc2c1CCC2. The van der Waals surface area contributed by atoms with Crippen LogP contribution in [0.1, 0.15) is 48.9 Å². The lowest BCUT2D eigenvalue weighted by atomic mass is 10.1. The summed E-state index contributed by atoms with van der Waals surface area (Å²) in [5.41, 5.74) is 9.42. The molecule has 0 aliphatic heterocycles. The minimum atomic E-state index is -0.436. The van der Waals surface area contributed by atoms with E-state index in [1.54, 1.807) is 18.3 Å². The third kappa shape index (κ3) is 4.56. The fourth-order valence-corrected chi connectivity index (χ4v) is 5.25. The molecule has 0 radical (unpaired) electrons. The number of esters is 1. The Labute approximate surface area is 200 Å². The van der Waals surface area contributed by atoms with E-state index in [0.717, 1.165) is 36.0 Å². The number of rotatable bonds is 7. The van der Waals surface area contributed by atoms with Crippen LogP contribution in [0.2, 0.25) is 0 Å². The Kier molecular flexibility index (Phi) is 6.10. The van der Waals surface area contributed by atoms with Crippen LogP contribution in [0.4, 0.5) is 5.00 Å². The number of primary amides is 1. The van der Waals surface area contributed by atoms with Gasteiger partial charge in [0.1, 0.15) is 23.1 Å². The third-order valence-electron chi connectivity index (χ3n) is 5.70. The summed E-state index contributed by atoms with van der Waals surface area (Å²) >= 11 is 1.52. The van der Waals surface area contributed by atoms with Gasteiger partial charge in [-0.25, -0.2) is 9.79 Å². The first-order valence-electron chi connectivity index (χ1n) is 11.0. The van der Waals surface area contributed by atoms with Crippen LogP contribution in [0, 0.1) is 0 Å². The molecule has 2 N–H and O–H groups in total. The summed E-state index contributed by atoms with van der Waals surface area (Å²) in [7, 11) is 0. The van der Waals surface area contributed by atoms with Crippen molar-refractivity contribution in [3.63, 3.8) is 0 Å². The number of amides is 1. The molecular formula is C27H22N2O4S. The van der Waals surface area contributed by atoms with E-state index in [-0.39, 0.29) is 12.6 Å². The highest BCUT2D eigenvalue weighted by Gasteiger charge is 2.24. The minimum Gasteiger partial charge on any atom is -0.457 e. The van der Waals surface area contributed by atoms with E-state index in [1.165, 1.54) is 16.2 Å². The van der Waals surface area contributed by atoms with Crippen molar-refractivity contribution in [2.24, 2.45) is 10.7 Å². The molecule has 5 rings (SSSR count). The minimum absolute atomic E-state index is 0.229. The van der Waals surface area contributed by atoms with Gasteiger partial charge in [0, 0.05) is 10.4 Å². The van der Waals surface area contributed by atoms with Crippen molar-refractivity contribution >= 4 is 34.4 Å². The predicted molar refractivity (Wildman–Crippen MR) is 132 cm³/mol. The zero-order chi connectivity index (χ0) is 23.5. The number of aryl methyl sites for hydroxylation is 1. The molecule has 1 aliphatic carbocycles. The van der Waals surface area contributed by atoms with Gasteiger partial charge in [-0.3, -0.25) is 4.79 Å². The van der Waals surface area contributed by atoms with E-state index in [2.05, 4.69) is 4.99 Å². The van der Waals surface area contributed by atoms with E-state index in [9.17, 15) is 9.59 Å². The maximum atomic E-state index is 12.3. The number of nitrogens with two attached hydrogens (primary N) is 1. The molecule has 4 aromatic rings. The fourth-order valence-electron chi connectivity index (χ4n) is 4.01. The number of ether oxygens (including phenoxy) is 1. The van der Waals surface area contributed by atoms with Gasteiger partial charge in [0.2, 0.25) is 0 Å². The Hall–Kier alpha value is -3.97. The standard InChI is InChI=1S/C27H22N2O4S/c28-25(30)24-21-7-4-8-23(21)34-26(24)29-15-20-13-14-22(33-20)18-9-11-19(12-10-18)27(31)32-16-17-5-2-1-3-6-17/h1-3,5-6,9-15H,4,7-8,16H2,(H2,28,30). The van der Waals surface area contributed by atoms with Crippen LogP contribution in [-0.4, -0.2) is 18.1 Å². The molecule has 0 saturated carbocycles. The summed E-state index contributed by atoms with van der Waals surface area (Å²) in [6.07, 6.45) is 4.50. The summed E-state index contributed by atoms with van der Waals surface area (Å²) in [6.45, 7) is 0.229. The number of fused-ring (bicyclic) bond motifs is 1. The van der Waals surface area contributed by atoms with Gasteiger partial charge in [-0.1, -0.05) is 42.5 Å². The molecule has 2 heterocycles. The number of hydrogen-bond acceptors (Lipinski definition) is 6. The van der Waals surface area contributed by atoms with Gasteiger partial charge >= 0.3 is 5.97 Å². The molecule has 6 nitrogen and oxygen atoms in total. The molecule has 7 heteroatoms.